The molecule has 0 amide bonds. The first-order valence-electron chi connectivity index (χ1n) is 6.41. The molecule has 1 aromatic rings. The van der Waals surface area contributed by atoms with Gasteiger partial charge >= 0.3 is 0 Å². The van der Waals surface area contributed by atoms with Crippen LogP contribution < -0.4 is 10.5 Å². The van der Waals surface area contributed by atoms with Crippen molar-refractivity contribution in [3.63, 3.8) is 0 Å². The summed E-state index contributed by atoms with van der Waals surface area (Å²) < 4.78 is 5.93. The van der Waals surface area contributed by atoms with Crippen molar-refractivity contribution in [2.75, 3.05) is 0 Å². The monoisotopic (exact) mass is 248 g/mol. The molecule has 1 heterocycles. The number of nitrogens with one attached hydrogen (secondary N) is 1. The van der Waals surface area contributed by atoms with E-state index in [1.54, 1.807) is 13.1 Å². The van der Waals surface area contributed by atoms with Gasteiger partial charge in [-0.05, 0) is 32.1 Å². The number of ether oxygens (including phenoxy) is 1. The predicted molar refractivity (Wildman–Crippen MR) is 69.8 cm³/mol. The highest BCUT2D eigenvalue weighted by Gasteiger charge is 2.22. The molecule has 2 unspecified atom stereocenters. The molecule has 98 valence electrons. The van der Waals surface area contributed by atoms with Gasteiger partial charge in [0.2, 0.25) is 5.88 Å². The molecule has 1 aliphatic carbocycles. The summed E-state index contributed by atoms with van der Waals surface area (Å²) in [5.41, 5.74) is 6.01. The number of nitrogen functional groups attached to an aromatic ring is 1. The second kappa shape index (κ2) is 5.33. The largest absolute Gasteiger partial charge is 0.474 e. The molecule has 1 saturated carbocycles. The lowest BCUT2D eigenvalue weighted by molar-refractivity contribution is 0.123. The summed E-state index contributed by atoms with van der Waals surface area (Å²) in [5.74, 6) is 1.73. The number of nitrogens with two attached hydrogens (primary N) is 1. The molecule has 5 nitrogen and oxygen atoms in total. The minimum Gasteiger partial charge on any atom is -0.474 e. The molecule has 1 aromatic heterocycles. The molecule has 0 aromatic carbocycles. The average molecular weight is 248 g/mol. The first kappa shape index (κ1) is 12.8. The van der Waals surface area contributed by atoms with Crippen LogP contribution in [0.25, 0.3) is 0 Å². The average Bonchev–Trinajstić information content (AvgIpc) is 2.28. The molecule has 1 fully saturated rings. The first-order valence-corrected chi connectivity index (χ1v) is 6.41. The van der Waals surface area contributed by atoms with Gasteiger partial charge in [0, 0.05) is 6.20 Å². The van der Waals surface area contributed by atoms with E-state index in [0.29, 0.717) is 23.2 Å². The fourth-order valence-corrected chi connectivity index (χ4v) is 2.37. The molecule has 0 radical (unpaired) electrons. The molecular weight excluding hydrogens is 228 g/mol. The van der Waals surface area contributed by atoms with Crippen LogP contribution in [0.1, 0.15) is 44.0 Å². The van der Waals surface area contributed by atoms with Crippen LogP contribution in [-0.4, -0.2) is 21.9 Å². The lowest BCUT2D eigenvalue weighted by Gasteiger charge is -2.27. The van der Waals surface area contributed by atoms with Crippen molar-refractivity contribution in [2.45, 2.75) is 45.6 Å². The van der Waals surface area contributed by atoms with Gasteiger partial charge < -0.3 is 10.5 Å². The van der Waals surface area contributed by atoms with Gasteiger partial charge in [-0.25, -0.2) is 4.98 Å². The molecule has 2 rings (SSSR count). The van der Waals surface area contributed by atoms with Crippen LogP contribution in [0.3, 0.4) is 0 Å². The molecule has 0 spiro atoms. The van der Waals surface area contributed by atoms with Crippen LogP contribution in [0.5, 0.6) is 5.88 Å². The molecule has 5 heteroatoms. The van der Waals surface area contributed by atoms with Gasteiger partial charge in [0.25, 0.3) is 0 Å². The summed E-state index contributed by atoms with van der Waals surface area (Å²) in [6.07, 6.45) is 6.28. The second-order valence-electron chi connectivity index (χ2n) is 5.06. The smallest absolute Gasteiger partial charge is 0.228 e. The number of nitrogens with zero attached hydrogens (tertiary/aromatic N) is 2. The number of rotatable bonds is 3. The SMILES string of the molecule is Cc1ncc(C(=N)N)c(OC2CCCC(C)C2)n1. The summed E-state index contributed by atoms with van der Waals surface area (Å²) in [6, 6.07) is 0. The van der Waals surface area contributed by atoms with Crippen molar-refractivity contribution in [3.8, 4) is 5.88 Å². The summed E-state index contributed by atoms with van der Waals surface area (Å²) in [4.78, 5) is 8.32. The highest BCUT2D eigenvalue weighted by atomic mass is 16.5. The lowest BCUT2D eigenvalue weighted by Crippen LogP contribution is -2.26. The Kier molecular flexibility index (Phi) is 3.79. The number of aryl methyl sites for hydroxylation is 1. The summed E-state index contributed by atoms with van der Waals surface area (Å²) >= 11 is 0. The maximum atomic E-state index is 7.52. The highest BCUT2D eigenvalue weighted by Crippen LogP contribution is 2.27. The fourth-order valence-electron chi connectivity index (χ4n) is 2.37. The standard InChI is InChI=1S/C13H20N4O/c1-8-4-3-5-10(6-8)18-13-11(12(14)15)7-16-9(2)17-13/h7-8,10H,3-6H2,1-2H3,(H3,14,15). The van der Waals surface area contributed by atoms with Gasteiger partial charge in [0.1, 0.15) is 17.8 Å². The van der Waals surface area contributed by atoms with Crippen LogP contribution in [0, 0.1) is 18.3 Å². The van der Waals surface area contributed by atoms with Crippen LogP contribution in [0.2, 0.25) is 0 Å². The van der Waals surface area contributed by atoms with Crippen molar-refractivity contribution in [2.24, 2.45) is 11.7 Å². The number of hydrogen-bond acceptors (Lipinski definition) is 4. The molecule has 3 N–H and O–H groups in total. The van der Waals surface area contributed by atoms with Crippen molar-refractivity contribution >= 4 is 5.84 Å². The summed E-state index contributed by atoms with van der Waals surface area (Å²) in [6.45, 7) is 4.05. The second-order valence-corrected chi connectivity index (χ2v) is 5.06. The quantitative estimate of drug-likeness (QED) is 0.633. The van der Waals surface area contributed by atoms with E-state index in [2.05, 4.69) is 16.9 Å². The van der Waals surface area contributed by atoms with Crippen molar-refractivity contribution in [3.05, 3.63) is 17.6 Å². The summed E-state index contributed by atoms with van der Waals surface area (Å²) in [7, 11) is 0. The molecule has 0 saturated heterocycles. The van der Waals surface area contributed by atoms with E-state index in [-0.39, 0.29) is 11.9 Å². The minimum absolute atomic E-state index is 0.0474. The lowest BCUT2D eigenvalue weighted by atomic mass is 9.89. The Morgan fingerprint density at radius 2 is 2.28 bits per heavy atom. The summed E-state index contributed by atoms with van der Waals surface area (Å²) in [5, 5.41) is 7.52. The Bertz CT molecular complexity index is 447. The van der Waals surface area contributed by atoms with Crippen LogP contribution in [-0.2, 0) is 0 Å². The van der Waals surface area contributed by atoms with E-state index < -0.39 is 0 Å². The van der Waals surface area contributed by atoms with Crippen molar-refractivity contribution in [1.82, 2.24) is 9.97 Å². The van der Waals surface area contributed by atoms with Gasteiger partial charge in [-0.3, -0.25) is 5.41 Å². The van der Waals surface area contributed by atoms with Gasteiger partial charge in [-0.15, -0.1) is 0 Å². The van der Waals surface area contributed by atoms with Gasteiger partial charge in [-0.2, -0.15) is 4.98 Å². The molecule has 0 bridgehead atoms. The maximum absolute atomic E-state index is 7.52. The Hall–Kier alpha value is -1.65. The molecule has 0 aliphatic heterocycles. The number of hydrogen-bond donors (Lipinski definition) is 2. The number of aromatic nitrogens is 2. The van der Waals surface area contributed by atoms with E-state index in [1.165, 1.54) is 12.8 Å². The molecule has 18 heavy (non-hydrogen) atoms. The van der Waals surface area contributed by atoms with E-state index in [4.69, 9.17) is 15.9 Å². The fraction of sp³-hybridized carbons (Fsp3) is 0.615. The molecule has 2 atom stereocenters. The molecular formula is C13H20N4O. The first-order chi connectivity index (χ1) is 8.56. The van der Waals surface area contributed by atoms with Crippen molar-refractivity contribution < 1.29 is 4.74 Å². The third-order valence-electron chi connectivity index (χ3n) is 3.33. The third-order valence-corrected chi connectivity index (χ3v) is 3.33. The van der Waals surface area contributed by atoms with E-state index in [0.717, 1.165) is 12.8 Å². The Labute approximate surface area is 107 Å². The topological polar surface area (TPSA) is 84.9 Å². The zero-order valence-corrected chi connectivity index (χ0v) is 10.9. The van der Waals surface area contributed by atoms with Gasteiger partial charge in [0.05, 0.1) is 5.56 Å². The Morgan fingerprint density at radius 3 is 2.94 bits per heavy atom. The Balaban J connectivity index is 2.16. The van der Waals surface area contributed by atoms with Crippen LogP contribution in [0.4, 0.5) is 0 Å². The highest BCUT2D eigenvalue weighted by molar-refractivity contribution is 5.96. The predicted octanol–water partition coefficient (Wildman–Crippen LogP) is 2.03. The zero-order valence-electron chi connectivity index (χ0n) is 10.9. The van der Waals surface area contributed by atoms with Crippen LogP contribution in [0.15, 0.2) is 6.20 Å². The minimum atomic E-state index is -0.0474. The van der Waals surface area contributed by atoms with Crippen LogP contribution >= 0.6 is 0 Å². The Morgan fingerprint density at radius 1 is 1.50 bits per heavy atom. The van der Waals surface area contributed by atoms with E-state index in [9.17, 15) is 0 Å². The van der Waals surface area contributed by atoms with Gasteiger partial charge in [-0.1, -0.05) is 13.3 Å². The maximum Gasteiger partial charge on any atom is 0.228 e. The van der Waals surface area contributed by atoms with Crippen molar-refractivity contribution in [1.29, 1.82) is 5.41 Å². The number of amidine groups is 1. The molecule has 1 aliphatic rings. The van der Waals surface area contributed by atoms with Gasteiger partial charge in [0.15, 0.2) is 0 Å². The normalized spacial score (nSPS) is 23.7. The van der Waals surface area contributed by atoms with E-state index in [1.807, 2.05) is 0 Å². The third kappa shape index (κ3) is 2.97. The zero-order chi connectivity index (χ0) is 13.1. The van der Waals surface area contributed by atoms with E-state index >= 15 is 0 Å².